The van der Waals surface area contributed by atoms with Crippen LogP contribution in [0.25, 0.3) is 47.7 Å². The molecule has 4 aliphatic heterocycles. The van der Waals surface area contributed by atoms with Gasteiger partial charge in [-0.15, -0.1) is 11.3 Å². The van der Waals surface area contributed by atoms with Crippen molar-refractivity contribution in [2.75, 3.05) is 9.80 Å². The lowest BCUT2D eigenvalue weighted by atomic mass is 9.29. The van der Waals surface area contributed by atoms with Gasteiger partial charge in [0.25, 0.3) is 13.4 Å². The van der Waals surface area contributed by atoms with Crippen molar-refractivity contribution in [3.05, 3.63) is 164 Å². The van der Waals surface area contributed by atoms with Gasteiger partial charge in [-0.25, -0.2) is 0 Å². The maximum Gasteiger partial charge on any atom is 0.252 e. The summed E-state index contributed by atoms with van der Waals surface area (Å²) in [6, 6.07) is 61.7. The molecule has 0 spiro atoms. The Morgan fingerprint density at radius 3 is 1.74 bits per heavy atom. The lowest BCUT2D eigenvalue weighted by Crippen LogP contribution is -2.68. The zero-order valence-corrected chi connectivity index (χ0v) is 29.8. The highest BCUT2D eigenvalue weighted by atomic mass is 32.1. The van der Waals surface area contributed by atoms with Gasteiger partial charge in [0.15, 0.2) is 0 Å². The fourth-order valence-electron chi connectivity index (χ4n) is 10.8. The van der Waals surface area contributed by atoms with E-state index in [1.54, 1.807) is 0 Å². The zero-order valence-electron chi connectivity index (χ0n) is 29.0. The Morgan fingerprint density at radius 1 is 0.426 bits per heavy atom. The van der Waals surface area contributed by atoms with E-state index in [2.05, 4.69) is 178 Å². The number of fused-ring (bicyclic) bond motifs is 17. The van der Waals surface area contributed by atoms with Crippen molar-refractivity contribution in [2.24, 2.45) is 0 Å². The Kier molecular flexibility index (Phi) is 5.06. The van der Waals surface area contributed by atoms with Crippen molar-refractivity contribution in [2.45, 2.75) is 0 Å². The third-order valence-corrected chi connectivity index (χ3v) is 13.9. The summed E-state index contributed by atoms with van der Waals surface area (Å²) < 4.78 is 5.36. The number of hydrogen-bond donors (Lipinski definition) is 0. The van der Waals surface area contributed by atoms with Gasteiger partial charge in [0.1, 0.15) is 0 Å². The SMILES string of the molecule is c1ccc(N2c3ccccc3B3c4ccccc4N4c5ccccc5B5c6c(cc2c3c64)-n2c3ccccc3c3c4sc6ccccc6c4cc5c32)cc1. The molecule has 246 valence electrons. The molecule has 0 radical (unpaired) electrons. The minimum Gasteiger partial charge on any atom is -0.312 e. The van der Waals surface area contributed by atoms with Gasteiger partial charge in [-0.2, -0.15) is 0 Å². The van der Waals surface area contributed by atoms with Gasteiger partial charge in [-0.3, -0.25) is 0 Å². The van der Waals surface area contributed by atoms with Gasteiger partial charge in [-0.1, -0.05) is 115 Å². The average molecular weight is 699 g/mol. The highest BCUT2D eigenvalue weighted by Crippen LogP contribution is 2.49. The van der Waals surface area contributed by atoms with E-state index in [0.717, 1.165) is 0 Å². The minimum atomic E-state index is 0.0726. The van der Waals surface area contributed by atoms with E-state index in [1.807, 2.05) is 11.3 Å². The molecule has 6 heterocycles. The Labute approximate surface area is 316 Å². The van der Waals surface area contributed by atoms with Crippen LogP contribution < -0.4 is 42.6 Å². The average Bonchev–Trinajstić information content (AvgIpc) is 3.78. The first-order valence-electron chi connectivity index (χ1n) is 18.9. The lowest BCUT2D eigenvalue weighted by molar-refractivity contribution is 1.17. The first-order valence-corrected chi connectivity index (χ1v) is 19.7. The third-order valence-electron chi connectivity index (χ3n) is 12.7. The van der Waals surface area contributed by atoms with Crippen molar-refractivity contribution in [1.29, 1.82) is 0 Å². The van der Waals surface area contributed by atoms with Gasteiger partial charge in [0, 0.05) is 70.8 Å². The molecule has 8 aromatic carbocycles. The minimum absolute atomic E-state index is 0.0726. The van der Waals surface area contributed by atoms with Crippen molar-refractivity contribution >= 4 is 134 Å². The number of thiophene rings is 1. The first kappa shape index (κ1) is 28.1. The van der Waals surface area contributed by atoms with Crippen LogP contribution in [-0.2, 0) is 0 Å². The smallest absolute Gasteiger partial charge is 0.252 e. The summed E-state index contributed by atoms with van der Waals surface area (Å²) in [5.41, 5.74) is 19.8. The Morgan fingerprint density at radius 2 is 1.00 bits per heavy atom. The molecule has 0 atom stereocenters. The van der Waals surface area contributed by atoms with Gasteiger partial charge in [0.2, 0.25) is 0 Å². The van der Waals surface area contributed by atoms with E-state index < -0.39 is 0 Å². The molecular weight excluding hydrogens is 672 g/mol. The van der Waals surface area contributed by atoms with Crippen LogP contribution in [0.1, 0.15) is 0 Å². The number of nitrogens with zero attached hydrogens (tertiary/aromatic N) is 3. The van der Waals surface area contributed by atoms with Crippen LogP contribution in [0.5, 0.6) is 0 Å². The van der Waals surface area contributed by atoms with E-state index in [1.165, 1.54) is 115 Å². The normalized spacial score (nSPS) is 14.1. The number of benzene rings is 8. The number of anilines is 6. The molecule has 0 aliphatic carbocycles. The van der Waals surface area contributed by atoms with Crippen molar-refractivity contribution < 1.29 is 0 Å². The quantitative estimate of drug-likeness (QED) is 0.160. The molecule has 3 nitrogen and oxygen atoms in total. The van der Waals surface area contributed by atoms with E-state index in [-0.39, 0.29) is 13.4 Å². The third kappa shape index (κ3) is 3.18. The summed E-state index contributed by atoms with van der Waals surface area (Å²) in [4.78, 5) is 5.16. The fourth-order valence-corrected chi connectivity index (χ4v) is 12.0. The van der Waals surface area contributed by atoms with Crippen LogP contribution in [0.2, 0.25) is 0 Å². The largest absolute Gasteiger partial charge is 0.312 e. The van der Waals surface area contributed by atoms with Crippen molar-refractivity contribution in [3.63, 3.8) is 0 Å². The van der Waals surface area contributed by atoms with Gasteiger partial charge in [0.05, 0.1) is 11.0 Å². The van der Waals surface area contributed by atoms with Gasteiger partial charge >= 0.3 is 0 Å². The van der Waals surface area contributed by atoms with Crippen LogP contribution >= 0.6 is 11.3 Å². The lowest BCUT2D eigenvalue weighted by Gasteiger charge is -2.49. The Hall–Kier alpha value is -6.49. The topological polar surface area (TPSA) is 11.4 Å². The summed E-state index contributed by atoms with van der Waals surface area (Å²) in [5, 5.41) is 5.41. The number of para-hydroxylation sites is 5. The Balaban J connectivity index is 1.24. The number of hydrogen-bond acceptors (Lipinski definition) is 3. The van der Waals surface area contributed by atoms with E-state index in [4.69, 9.17) is 0 Å². The van der Waals surface area contributed by atoms with Gasteiger partial charge < -0.3 is 14.4 Å². The molecule has 10 aromatic rings. The highest BCUT2D eigenvalue weighted by molar-refractivity contribution is 7.27. The first-order chi connectivity index (χ1) is 26.8. The van der Waals surface area contributed by atoms with Crippen molar-refractivity contribution in [3.8, 4) is 5.69 Å². The summed E-state index contributed by atoms with van der Waals surface area (Å²) in [7, 11) is 0. The van der Waals surface area contributed by atoms with Gasteiger partial charge in [-0.05, 0) is 81.3 Å². The summed E-state index contributed by atoms with van der Waals surface area (Å²) in [5.74, 6) is 0. The molecular formula is C48H27B2N3S. The number of aromatic nitrogens is 1. The molecule has 0 unspecified atom stereocenters. The molecule has 14 rings (SSSR count). The van der Waals surface area contributed by atoms with Crippen LogP contribution in [0.3, 0.4) is 0 Å². The molecule has 0 N–H and O–H groups in total. The molecule has 0 bridgehead atoms. The monoisotopic (exact) mass is 699 g/mol. The van der Waals surface area contributed by atoms with Crippen LogP contribution in [0.4, 0.5) is 34.1 Å². The van der Waals surface area contributed by atoms with Crippen LogP contribution in [-0.4, -0.2) is 18.0 Å². The van der Waals surface area contributed by atoms with Crippen molar-refractivity contribution in [1.82, 2.24) is 4.57 Å². The molecule has 6 heteroatoms. The molecule has 54 heavy (non-hydrogen) atoms. The summed E-state index contributed by atoms with van der Waals surface area (Å²) >= 11 is 1.94. The maximum atomic E-state index is 2.64. The molecule has 0 saturated heterocycles. The van der Waals surface area contributed by atoms with E-state index in [0.29, 0.717) is 0 Å². The second-order valence-corrected chi connectivity index (χ2v) is 16.2. The standard InChI is InChI=1S/C48H27B2N3S/c1-2-14-28(15-3-1)51-37-22-10-6-18-32(37)49-33-19-7-11-23-38(33)53-39-24-12-8-20-34(39)50-35-26-31-29-16-5-13-25-42(29)54-48(31)43-30-17-4-9-21-36(30)52(46(35)43)41-27-40(51)44(49)47(53)45(41)50/h1-27H. The zero-order chi connectivity index (χ0) is 34.8. The summed E-state index contributed by atoms with van der Waals surface area (Å²) in [6.07, 6.45) is 0. The molecule has 0 saturated carbocycles. The second kappa shape index (κ2) is 9.73. The maximum absolute atomic E-state index is 2.64. The number of rotatable bonds is 1. The second-order valence-electron chi connectivity index (χ2n) is 15.2. The predicted molar refractivity (Wildman–Crippen MR) is 232 cm³/mol. The fraction of sp³-hybridized carbons (Fsp3) is 0. The Bertz CT molecular complexity index is 3320. The highest BCUT2D eigenvalue weighted by Gasteiger charge is 2.51. The molecule has 0 amide bonds. The van der Waals surface area contributed by atoms with E-state index >= 15 is 0 Å². The predicted octanol–water partition coefficient (Wildman–Crippen LogP) is 8.38. The van der Waals surface area contributed by atoms with E-state index in [9.17, 15) is 0 Å². The molecule has 2 aromatic heterocycles. The van der Waals surface area contributed by atoms with Crippen LogP contribution in [0.15, 0.2) is 164 Å². The molecule has 0 fully saturated rings. The van der Waals surface area contributed by atoms with Crippen LogP contribution in [0, 0.1) is 0 Å². The summed E-state index contributed by atoms with van der Waals surface area (Å²) in [6.45, 7) is 0.171. The molecule has 4 aliphatic rings.